The number of nitrogens with zero attached hydrogens (tertiary/aromatic N) is 3. The van der Waals surface area contributed by atoms with Crippen LogP contribution in [-0.2, 0) is 4.74 Å². The molecule has 1 amide bonds. The molecule has 0 unspecified atom stereocenters. The number of methoxy groups -OCH3 is 1. The molecule has 6 heteroatoms. The van der Waals surface area contributed by atoms with Crippen LogP contribution in [0.1, 0.15) is 16.9 Å². The average Bonchev–Trinajstić information content (AvgIpc) is 2.39. The van der Waals surface area contributed by atoms with Crippen LogP contribution >= 0.6 is 15.9 Å². The molecule has 0 bridgehead atoms. The highest BCUT2D eigenvalue weighted by Crippen LogP contribution is 2.09. The van der Waals surface area contributed by atoms with Crippen molar-refractivity contribution in [2.75, 3.05) is 26.8 Å². The third kappa shape index (κ3) is 4.43. The minimum absolute atomic E-state index is 0.185. The molecule has 1 heterocycles. The Labute approximate surface area is 115 Å². The molecule has 1 aromatic rings. The molecular formula is C12H14BrN3O2. The van der Waals surface area contributed by atoms with Crippen molar-refractivity contribution in [1.29, 1.82) is 5.26 Å². The van der Waals surface area contributed by atoms with Crippen LogP contribution in [0.25, 0.3) is 0 Å². The molecule has 1 aromatic heterocycles. The van der Waals surface area contributed by atoms with Crippen LogP contribution in [0.5, 0.6) is 0 Å². The van der Waals surface area contributed by atoms with Gasteiger partial charge >= 0.3 is 0 Å². The molecule has 0 saturated carbocycles. The molecular weight excluding hydrogens is 298 g/mol. The van der Waals surface area contributed by atoms with Gasteiger partial charge in [0.25, 0.3) is 5.91 Å². The fourth-order valence-corrected chi connectivity index (χ4v) is 1.60. The molecule has 0 saturated heterocycles. The Morgan fingerprint density at radius 1 is 1.56 bits per heavy atom. The van der Waals surface area contributed by atoms with E-state index in [1.54, 1.807) is 30.3 Å². The Morgan fingerprint density at radius 2 is 2.33 bits per heavy atom. The van der Waals surface area contributed by atoms with Gasteiger partial charge in [0.1, 0.15) is 5.69 Å². The molecule has 0 spiro atoms. The summed E-state index contributed by atoms with van der Waals surface area (Å²) in [7, 11) is 1.57. The lowest BCUT2D eigenvalue weighted by Crippen LogP contribution is -2.35. The highest BCUT2D eigenvalue weighted by Gasteiger charge is 2.16. The number of carbonyl (C=O) groups excluding carboxylic acids is 1. The summed E-state index contributed by atoms with van der Waals surface area (Å²) in [6, 6.07) is 5.44. The van der Waals surface area contributed by atoms with Crippen LogP contribution in [0.3, 0.4) is 0 Å². The summed E-state index contributed by atoms with van der Waals surface area (Å²) in [6.45, 7) is 1.28. The normalized spacial score (nSPS) is 9.83. The lowest BCUT2D eigenvalue weighted by molar-refractivity contribution is 0.0694. The number of aromatic nitrogens is 1. The van der Waals surface area contributed by atoms with Crippen molar-refractivity contribution in [2.45, 2.75) is 6.42 Å². The zero-order chi connectivity index (χ0) is 13.4. The number of pyridine rings is 1. The molecule has 96 valence electrons. The van der Waals surface area contributed by atoms with E-state index in [4.69, 9.17) is 10.00 Å². The molecule has 0 aliphatic carbocycles. The van der Waals surface area contributed by atoms with Crippen LogP contribution in [-0.4, -0.2) is 42.6 Å². The third-order valence-electron chi connectivity index (χ3n) is 2.29. The summed E-state index contributed by atoms with van der Waals surface area (Å²) in [6.07, 6.45) is 1.87. The molecule has 0 aliphatic heterocycles. The summed E-state index contributed by atoms with van der Waals surface area (Å²) < 4.78 is 5.77. The minimum atomic E-state index is -0.185. The van der Waals surface area contributed by atoms with E-state index in [2.05, 4.69) is 20.9 Å². The van der Waals surface area contributed by atoms with Gasteiger partial charge in [0.2, 0.25) is 0 Å². The predicted molar refractivity (Wildman–Crippen MR) is 69.9 cm³/mol. The zero-order valence-electron chi connectivity index (χ0n) is 10.1. The van der Waals surface area contributed by atoms with E-state index < -0.39 is 0 Å². The Morgan fingerprint density at radius 3 is 2.89 bits per heavy atom. The lowest BCUT2D eigenvalue weighted by Gasteiger charge is -2.20. The van der Waals surface area contributed by atoms with Crippen LogP contribution in [0.4, 0.5) is 0 Å². The van der Waals surface area contributed by atoms with E-state index in [1.165, 1.54) is 0 Å². The topological polar surface area (TPSA) is 66.2 Å². The maximum atomic E-state index is 12.2. The Balaban J connectivity index is 2.74. The van der Waals surface area contributed by atoms with Gasteiger partial charge in [-0.2, -0.15) is 5.26 Å². The Bertz CT molecular complexity index is 428. The van der Waals surface area contributed by atoms with Gasteiger partial charge < -0.3 is 9.64 Å². The van der Waals surface area contributed by atoms with Gasteiger partial charge in [-0.15, -0.1) is 0 Å². The number of hydrogen-bond acceptors (Lipinski definition) is 4. The molecule has 0 fully saturated rings. The maximum Gasteiger partial charge on any atom is 0.272 e. The number of ether oxygens (including phenoxy) is 1. The quantitative estimate of drug-likeness (QED) is 0.804. The Hall–Kier alpha value is -1.45. The van der Waals surface area contributed by atoms with Crippen molar-refractivity contribution in [1.82, 2.24) is 9.88 Å². The second-order valence-electron chi connectivity index (χ2n) is 3.55. The molecule has 18 heavy (non-hydrogen) atoms. The van der Waals surface area contributed by atoms with Gasteiger partial charge in [0, 0.05) is 30.9 Å². The average molecular weight is 312 g/mol. The Kier molecular flexibility index (Phi) is 6.33. The first-order chi connectivity index (χ1) is 8.69. The van der Waals surface area contributed by atoms with E-state index in [1.807, 2.05) is 6.07 Å². The lowest BCUT2D eigenvalue weighted by atomic mass is 10.3. The van der Waals surface area contributed by atoms with Gasteiger partial charge in [0.15, 0.2) is 0 Å². The van der Waals surface area contributed by atoms with E-state index in [0.29, 0.717) is 31.8 Å². The molecule has 0 N–H and O–H groups in total. The molecule has 0 aromatic carbocycles. The van der Waals surface area contributed by atoms with Gasteiger partial charge in [-0.05, 0) is 28.1 Å². The molecule has 5 nitrogen and oxygen atoms in total. The van der Waals surface area contributed by atoms with Crippen molar-refractivity contribution in [3.63, 3.8) is 0 Å². The number of rotatable bonds is 6. The number of carbonyl (C=O) groups is 1. The second kappa shape index (κ2) is 7.80. The van der Waals surface area contributed by atoms with Crippen LogP contribution in [0.15, 0.2) is 22.8 Å². The van der Waals surface area contributed by atoms with Crippen molar-refractivity contribution in [3.05, 3.63) is 28.5 Å². The van der Waals surface area contributed by atoms with Crippen molar-refractivity contribution < 1.29 is 9.53 Å². The van der Waals surface area contributed by atoms with Crippen LogP contribution in [0.2, 0.25) is 0 Å². The fraction of sp³-hybridized carbons (Fsp3) is 0.417. The summed E-state index contributed by atoms with van der Waals surface area (Å²) in [5, 5.41) is 8.59. The van der Waals surface area contributed by atoms with Crippen molar-refractivity contribution in [3.8, 4) is 6.07 Å². The molecule has 0 radical (unpaired) electrons. The minimum Gasteiger partial charge on any atom is -0.383 e. The number of amides is 1. The standard InChI is InChI=1S/C12H14BrN3O2/c1-18-8-7-16(6-2-5-14)12(17)11-4-3-10(13)9-15-11/h3-4,9H,2,6-8H2,1H3. The monoisotopic (exact) mass is 311 g/mol. The van der Waals surface area contributed by atoms with Crippen molar-refractivity contribution >= 4 is 21.8 Å². The number of halogens is 1. The highest BCUT2D eigenvalue weighted by molar-refractivity contribution is 9.10. The molecule has 0 atom stereocenters. The zero-order valence-corrected chi connectivity index (χ0v) is 11.7. The van der Waals surface area contributed by atoms with E-state index in [-0.39, 0.29) is 5.91 Å². The first-order valence-electron chi connectivity index (χ1n) is 5.45. The fourth-order valence-electron chi connectivity index (χ4n) is 1.37. The first-order valence-corrected chi connectivity index (χ1v) is 6.25. The highest BCUT2D eigenvalue weighted by atomic mass is 79.9. The van der Waals surface area contributed by atoms with Gasteiger partial charge in [-0.25, -0.2) is 4.98 Å². The smallest absolute Gasteiger partial charge is 0.272 e. The number of hydrogen-bond donors (Lipinski definition) is 0. The van der Waals surface area contributed by atoms with Gasteiger partial charge in [-0.1, -0.05) is 0 Å². The van der Waals surface area contributed by atoms with Gasteiger partial charge in [0.05, 0.1) is 19.1 Å². The second-order valence-corrected chi connectivity index (χ2v) is 4.47. The van der Waals surface area contributed by atoms with E-state index in [0.717, 1.165) is 4.47 Å². The molecule has 1 rings (SSSR count). The van der Waals surface area contributed by atoms with E-state index in [9.17, 15) is 4.79 Å². The first kappa shape index (κ1) is 14.6. The molecule has 0 aliphatic rings. The SMILES string of the molecule is COCCN(CCC#N)C(=O)c1ccc(Br)cn1. The predicted octanol–water partition coefficient (Wildman–Crippen LogP) is 1.85. The summed E-state index contributed by atoms with van der Waals surface area (Å²) in [5.74, 6) is -0.185. The van der Waals surface area contributed by atoms with Crippen molar-refractivity contribution in [2.24, 2.45) is 0 Å². The number of nitriles is 1. The third-order valence-corrected chi connectivity index (χ3v) is 2.76. The largest absolute Gasteiger partial charge is 0.383 e. The van der Waals surface area contributed by atoms with Gasteiger partial charge in [-0.3, -0.25) is 4.79 Å². The summed E-state index contributed by atoms with van der Waals surface area (Å²) in [4.78, 5) is 17.8. The van der Waals surface area contributed by atoms with E-state index >= 15 is 0 Å². The summed E-state index contributed by atoms with van der Waals surface area (Å²) in [5.41, 5.74) is 0.368. The summed E-state index contributed by atoms with van der Waals surface area (Å²) >= 11 is 3.27. The van der Waals surface area contributed by atoms with Crippen LogP contribution < -0.4 is 0 Å². The van der Waals surface area contributed by atoms with Crippen LogP contribution in [0, 0.1) is 11.3 Å². The maximum absolute atomic E-state index is 12.2.